The third kappa shape index (κ3) is 7.85. The first-order valence-electron chi connectivity index (χ1n) is 16.6. The smallest absolute Gasteiger partial charge is 0.408 e. The molecule has 14 heteroatoms. The van der Waals surface area contributed by atoms with Crippen LogP contribution in [-0.2, 0) is 39.1 Å². The van der Waals surface area contributed by atoms with E-state index in [9.17, 15) is 22.4 Å². The third-order valence-corrected chi connectivity index (χ3v) is 9.28. The monoisotopic (exact) mass is 697 g/mol. The molecule has 1 fully saturated rings. The zero-order chi connectivity index (χ0) is 35.2. The van der Waals surface area contributed by atoms with Crippen LogP contribution in [-0.4, -0.2) is 89.8 Å². The zero-order valence-corrected chi connectivity index (χ0v) is 29.6. The minimum Gasteiger partial charge on any atom is -0.486 e. The summed E-state index contributed by atoms with van der Waals surface area (Å²) in [7, 11) is -1.64. The quantitative estimate of drug-likeness (QED) is 0.200. The number of carbonyl (C=O) groups is 2. The average Bonchev–Trinajstić information content (AvgIpc) is 3.68. The lowest BCUT2D eigenvalue weighted by molar-refractivity contribution is 0.0466. The highest BCUT2D eigenvalue weighted by Crippen LogP contribution is 2.40. The van der Waals surface area contributed by atoms with Crippen molar-refractivity contribution in [1.29, 1.82) is 0 Å². The fourth-order valence-electron chi connectivity index (χ4n) is 6.28. The van der Waals surface area contributed by atoms with E-state index in [1.54, 1.807) is 38.7 Å². The number of nitrogens with zero attached hydrogens (tertiary/aromatic N) is 4. The summed E-state index contributed by atoms with van der Waals surface area (Å²) in [5.74, 6) is 1.65. The van der Waals surface area contributed by atoms with Gasteiger partial charge in [-0.1, -0.05) is 12.1 Å². The van der Waals surface area contributed by atoms with E-state index in [0.29, 0.717) is 35.7 Å². The predicted octanol–water partition coefficient (Wildman–Crippen LogP) is 5.21. The molecule has 2 atom stereocenters. The van der Waals surface area contributed by atoms with Crippen LogP contribution in [0.1, 0.15) is 56.5 Å². The molecular weight excluding hydrogens is 653 g/mol. The molecule has 2 aromatic carbocycles. The molecule has 12 nitrogen and oxygen atoms in total. The van der Waals surface area contributed by atoms with E-state index in [-0.39, 0.29) is 19.1 Å². The molecule has 1 N–H and O–H groups in total. The zero-order valence-electron chi connectivity index (χ0n) is 28.8. The molecule has 0 radical (unpaired) electrons. The van der Waals surface area contributed by atoms with Gasteiger partial charge in [-0.2, -0.15) is 8.42 Å². The van der Waals surface area contributed by atoms with Gasteiger partial charge in [0.25, 0.3) is 16.0 Å². The normalized spacial score (nSPS) is 16.6. The van der Waals surface area contributed by atoms with Crippen LogP contribution in [0.2, 0.25) is 0 Å². The fraction of sp³-hybridized carbons (Fsp3) is 0.514. The van der Waals surface area contributed by atoms with Gasteiger partial charge in [0.1, 0.15) is 30.7 Å². The summed E-state index contributed by atoms with van der Waals surface area (Å²) in [5.41, 5.74) is 4.02. The predicted molar refractivity (Wildman–Crippen MR) is 184 cm³/mol. The lowest BCUT2D eigenvalue weighted by atomic mass is 9.97. The van der Waals surface area contributed by atoms with E-state index in [4.69, 9.17) is 18.6 Å². The number of imidazole rings is 1. The van der Waals surface area contributed by atoms with Crippen molar-refractivity contribution < 1.29 is 36.1 Å². The molecule has 2 amide bonds. The Bertz CT molecular complexity index is 2010. The Morgan fingerprint density at radius 2 is 1.94 bits per heavy atom. The van der Waals surface area contributed by atoms with Crippen molar-refractivity contribution in [3.63, 3.8) is 0 Å². The molecule has 0 saturated heterocycles. The van der Waals surface area contributed by atoms with Gasteiger partial charge >= 0.3 is 6.09 Å². The maximum Gasteiger partial charge on any atom is 0.408 e. The largest absolute Gasteiger partial charge is 0.486 e. The van der Waals surface area contributed by atoms with Gasteiger partial charge in [0, 0.05) is 37.6 Å². The van der Waals surface area contributed by atoms with Crippen molar-refractivity contribution in [2.24, 2.45) is 13.0 Å². The van der Waals surface area contributed by atoms with E-state index in [1.165, 1.54) is 0 Å². The summed E-state index contributed by atoms with van der Waals surface area (Å²) in [5, 5.41) is 3.51. The van der Waals surface area contributed by atoms with Gasteiger partial charge in [-0.05, 0) is 82.7 Å². The first-order chi connectivity index (χ1) is 23.1. The number of alkyl halides is 1. The van der Waals surface area contributed by atoms with Crippen LogP contribution in [0.4, 0.5) is 9.18 Å². The van der Waals surface area contributed by atoms with E-state index in [0.717, 1.165) is 59.1 Å². The molecule has 1 saturated carbocycles. The fourth-order valence-corrected chi connectivity index (χ4v) is 6.72. The average molecular weight is 698 g/mol. The molecule has 49 heavy (non-hydrogen) atoms. The maximum absolute atomic E-state index is 13.9. The van der Waals surface area contributed by atoms with E-state index in [1.807, 2.05) is 35.9 Å². The second-order valence-corrected chi connectivity index (χ2v) is 15.8. The molecule has 0 bridgehead atoms. The summed E-state index contributed by atoms with van der Waals surface area (Å²) < 4.78 is 57.8. The number of alkyl carbamates (subject to hydrolysis) is 1. The molecule has 2 aliphatic rings. The summed E-state index contributed by atoms with van der Waals surface area (Å²) in [6, 6.07) is 10.8. The number of rotatable bonds is 12. The number of amides is 2. The van der Waals surface area contributed by atoms with Crippen LogP contribution in [0.25, 0.3) is 33.5 Å². The van der Waals surface area contributed by atoms with E-state index < -0.39 is 40.6 Å². The number of hydrogen-bond acceptors (Lipinski definition) is 8. The van der Waals surface area contributed by atoms with Gasteiger partial charge in [0.2, 0.25) is 0 Å². The Hall–Kier alpha value is -4.17. The van der Waals surface area contributed by atoms with E-state index in [2.05, 4.69) is 16.0 Å². The van der Waals surface area contributed by atoms with Gasteiger partial charge in [0.15, 0.2) is 5.82 Å². The highest BCUT2D eigenvalue weighted by molar-refractivity contribution is 7.85. The number of benzene rings is 2. The van der Waals surface area contributed by atoms with E-state index >= 15 is 0 Å². The van der Waals surface area contributed by atoms with Gasteiger partial charge in [-0.15, -0.1) is 0 Å². The number of carbonyl (C=O) groups excluding carboxylic acids is 2. The molecule has 2 aromatic heterocycles. The van der Waals surface area contributed by atoms with Gasteiger partial charge in [-0.25, -0.2) is 14.2 Å². The first-order valence-corrected chi connectivity index (χ1v) is 18.4. The molecule has 6 rings (SSSR count). The topological polar surface area (TPSA) is 134 Å². The van der Waals surface area contributed by atoms with Crippen molar-refractivity contribution in [2.45, 2.75) is 71.2 Å². The number of para-hydroxylation sites is 1. The van der Waals surface area contributed by atoms with Crippen molar-refractivity contribution in [3.8, 4) is 17.3 Å². The van der Waals surface area contributed by atoms with Gasteiger partial charge < -0.3 is 28.8 Å². The molecule has 1 aliphatic heterocycles. The third-order valence-electron chi connectivity index (χ3n) is 8.72. The molecular formula is C35H44FN5O7S. The van der Waals surface area contributed by atoms with Crippen LogP contribution in [0, 0.1) is 5.92 Å². The highest BCUT2D eigenvalue weighted by atomic mass is 32.2. The molecule has 3 heterocycles. The molecule has 0 spiro atoms. The van der Waals surface area contributed by atoms with Crippen molar-refractivity contribution >= 4 is 44.1 Å². The maximum atomic E-state index is 13.9. The summed E-state index contributed by atoms with van der Waals surface area (Å²) in [6.07, 6.45) is 2.61. The Labute approximate surface area is 285 Å². The van der Waals surface area contributed by atoms with Crippen molar-refractivity contribution in [2.75, 3.05) is 32.6 Å². The Morgan fingerprint density at radius 3 is 2.61 bits per heavy atom. The SMILES string of the molecule is C[C@@H](COS(C)(=O)=O)Oc1cccc2cc(-c3nc4cc5c(cc4n3C)CCN(C[C@@H](CF)NC(=O)OC(C)(C)C)C5=O)n(CC3CC3)c12. The number of fused-ring (bicyclic) bond motifs is 3. The lowest BCUT2D eigenvalue weighted by Crippen LogP contribution is -2.50. The number of hydrogen-bond donors (Lipinski definition) is 1. The minimum absolute atomic E-state index is 0.0181. The second-order valence-electron chi connectivity index (χ2n) is 14.2. The van der Waals surface area contributed by atoms with Crippen LogP contribution >= 0.6 is 0 Å². The molecule has 0 unspecified atom stereocenters. The molecule has 264 valence electrons. The van der Waals surface area contributed by atoms with Crippen molar-refractivity contribution in [3.05, 3.63) is 47.5 Å². The number of nitrogens with one attached hydrogen (secondary N) is 1. The summed E-state index contributed by atoms with van der Waals surface area (Å²) in [4.78, 5) is 32.6. The number of halogens is 1. The minimum atomic E-state index is -3.60. The first kappa shape index (κ1) is 34.7. The van der Waals surface area contributed by atoms with Crippen LogP contribution in [0.15, 0.2) is 36.4 Å². The summed E-state index contributed by atoms with van der Waals surface area (Å²) in [6.45, 7) is 7.19. The summed E-state index contributed by atoms with van der Waals surface area (Å²) >= 11 is 0. The van der Waals surface area contributed by atoms with Crippen LogP contribution in [0.5, 0.6) is 5.75 Å². The Kier molecular flexibility index (Phi) is 9.40. The van der Waals surface area contributed by atoms with Gasteiger partial charge in [-0.3, -0.25) is 8.98 Å². The van der Waals surface area contributed by atoms with Gasteiger partial charge in [0.05, 0.1) is 34.5 Å². The van der Waals surface area contributed by atoms with Crippen LogP contribution in [0.3, 0.4) is 0 Å². The Morgan fingerprint density at radius 1 is 1.18 bits per heavy atom. The molecule has 1 aliphatic carbocycles. The standard InChI is InChI=1S/C35H44FN5O7S/c1-21(20-46-49(6,44)45)47-30-9-7-8-24-15-29(41(31(24)30)18-22-10-11-22)32-38-27-16-26-23(14-28(27)39(32)5)12-13-40(33(26)42)19-25(17-36)37-34(43)48-35(2,3)4/h7-9,14-16,21-22,25H,10-13,17-20H2,1-6H3,(H,37,43)/t21-,25+/m0/s1. The molecule has 4 aromatic rings. The second kappa shape index (κ2) is 13.3. The Balaban J connectivity index is 1.30. The number of aromatic nitrogens is 3. The number of aryl methyl sites for hydroxylation is 1. The van der Waals surface area contributed by atoms with Crippen LogP contribution < -0.4 is 10.1 Å². The lowest BCUT2D eigenvalue weighted by Gasteiger charge is -2.31. The highest BCUT2D eigenvalue weighted by Gasteiger charge is 2.31. The van der Waals surface area contributed by atoms with Crippen molar-refractivity contribution in [1.82, 2.24) is 24.3 Å². The number of ether oxygens (including phenoxy) is 2.